The molecule has 0 spiro atoms. The molecule has 0 unspecified atom stereocenters. The standard InChI is InChI=1S/C25H22F6N4O2/c1-16-5-9-20(10-6-16)34-23(37)35(21-4-2-3-18(15-21)25(29,30)31)14-13-32-22(36)33-19-11-7-17(8-12-19)24(26,27)28/h2-12,15H,13-14H2,1H3,(H,34,37)(H2,32,33,36). The van der Waals surface area contributed by atoms with E-state index < -0.39 is 35.5 Å². The topological polar surface area (TPSA) is 73.5 Å². The minimum absolute atomic E-state index is 0.0515. The minimum Gasteiger partial charge on any atom is -0.336 e. The van der Waals surface area contributed by atoms with Crippen molar-refractivity contribution in [3.05, 3.63) is 89.5 Å². The van der Waals surface area contributed by atoms with Gasteiger partial charge in [-0.1, -0.05) is 23.8 Å². The van der Waals surface area contributed by atoms with Crippen molar-refractivity contribution in [1.29, 1.82) is 0 Å². The molecule has 0 fully saturated rings. The zero-order valence-electron chi connectivity index (χ0n) is 19.4. The van der Waals surface area contributed by atoms with Gasteiger partial charge in [0.1, 0.15) is 0 Å². The number of benzene rings is 3. The summed E-state index contributed by atoms with van der Waals surface area (Å²) in [6.45, 7) is 1.46. The van der Waals surface area contributed by atoms with E-state index in [9.17, 15) is 35.9 Å². The lowest BCUT2D eigenvalue weighted by molar-refractivity contribution is -0.138. The number of nitrogens with one attached hydrogen (secondary N) is 3. The Labute approximate surface area is 208 Å². The van der Waals surface area contributed by atoms with E-state index in [0.29, 0.717) is 5.69 Å². The van der Waals surface area contributed by atoms with E-state index in [0.717, 1.165) is 52.9 Å². The lowest BCUT2D eigenvalue weighted by atomic mass is 10.2. The molecular weight excluding hydrogens is 502 g/mol. The third-order valence-electron chi connectivity index (χ3n) is 5.12. The first-order valence-electron chi connectivity index (χ1n) is 10.9. The molecular formula is C25H22F6N4O2. The van der Waals surface area contributed by atoms with Gasteiger partial charge in [0, 0.05) is 30.2 Å². The predicted octanol–water partition coefficient (Wildman–Crippen LogP) is 6.89. The van der Waals surface area contributed by atoms with E-state index in [1.165, 1.54) is 6.07 Å². The van der Waals surface area contributed by atoms with Crippen LogP contribution in [0.5, 0.6) is 0 Å². The molecule has 3 rings (SSSR count). The number of urea groups is 2. The van der Waals surface area contributed by atoms with Gasteiger partial charge in [0.15, 0.2) is 0 Å². The van der Waals surface area contributed by atoms with E-state index >= 15 is 0 Å². The van der Waals surface area contributed by atoms with Gasteiger partial charge in [0.2, 0.25) is 0 Å². The molecule has 0 bridgehead atoms. The molecule has 3 aromatic rings. The van der Waals surface area contributed by atoms with Crippen molar-refractivity contribution < 1.29 is 35.9 Å². The fourth-order valence-corrected chi connectivity index (χ4v) is 3.22. The number of aryl methyl sites for hydroxylation is 1. The molecule has 0 saturated carbocycles. The summed E-state index contributed by atoms with van der Waals surface area (Å²) < 4.78 is 77.7. The fraction of sp³-hybridized carbons (Fsp3) is 0.200. The number of anilines is 3. The molecule has 0 aliphatic rings. The van der Waals surface area contributed by atoms with Crippen molar-refractivity contribution in [3.8, 4) is 0 Å². The van der Waals surface area contributed by atoms with Crippen molar-refractivity contribution in [1.82, 2.24) is 5.32 Å². The zero-order chi connectivity index (χ0) is 27.2. The molecule has 0 aromatic heterocycles. The van der Waals surface area contributed by atoms with Gasteiger partial charge in [-0.15, -0.1) is 0 Å². The smallest absolute Gasteiger partial charge is 0.336 e. The average molecular weight is 524 g/mol. The van der Waals surface area contributed by atoms with E-state index in [-0.39, 0.29) is 24.5 Å². The van der Waals surface area contributed by atoms with Crippen LogP contribution < -0.4 is 20.9 Å². The average Bonchev–Trinajstić information content (AvgIpc) is 2.82. The van der Waals surface area contributed by atoms with Gasteiger partial charge < -0.3 is 16.0 Å². The van der Waals surface area contributed by atoms with Crippen LogP contribution in [0.25, 0.3) is 0 Å². The van der Waals surface area contributed by atoms with Crippen molar-refractivity contribution >= 4 is 29.1 Å². The Hall–Kier alpha value is -4.22. The number of carbonyl (C=O) groups excluding carboxylic acids is 2. The van der Waals surface area contributed by atoms with E-state index in [1.54, 1.807) is 24.3 Å². The summed E-state index contributed by atoms with van der Waals surface area (Å²) in [5.41, 5.74) is -0.431. The van der Waals surface area contributed by atoms with Crippen LogP contribution in [0, 0.1) is 6.92 Å². The Morgan fingerprint density at radius 3 is 1.92 bits per heavy atom. The largest absolute Gasteiger partial charge is 0.416 e. The maximum atomic E-state index is 13.2. The molecule has 0 radical (unpaired) electrons. The Kier molecular flexibility index (Phi) is 8.31. The summed E-state index contributed by atoms with van der Waals surface area (Å²) in [6.07, 6.45) is -9.15. The lowest BCUT2D eigenvalue weighted by Gasteiger charge is -2.24. The van der Waals surface area contributed by atoms with Gasteiger partial charge in [-0.25, -0.2) is 9.59 Å². The monoisotopic (exact) mass is 524 g/mol. The maximum absolute atomic E-state index is 13.2. The molecule has 6 nitrogen and oxygen atoms in total. The summed E-state index contributed by atoms with van der Waals surface area (Å²) in [7, 11) is 0. The number of hydrogen-bond acceptors (Lipinski definition) is 2. The van der Waals surface area contributed by atoms with Crippen LogP contribution in [0.2, 0.25) is 0 Å². The van der Waals surface area contributed by atoms with Crippen molar-refractivity contribution in [2.45, 2.75) is 19.3 Å². The highest BCUT2D eigenvalue weighted by Crippen LogP contribution is 2.32. The first-order valence-corrected chi connectivity index (χ1v) is 10.9. The SMILES string of the molecule is Cc1ccc(NC(=O)N(CCNC(=O)Nc2ccc(C(F)(F)F)cc2)c2cccc(C(F)(F)F)c2)cc1. The van der Waals surface area contributed by atoms with E-state index in [4.69, 9.17) is 0 Å². The molecule has 0 heterocycles. The summed E-state index contributed by atoms with van der Waals surface area (Å²) >= 11 is 0. The highest BCUT2D eigenvalue weighted by atomic mass is 19.4. The summed E-state index contributed by atoms with van der Waals surface area (Å²) in [5, 5.41) is 7.39. The van der Waals surface area contributed by atoms with Crippen LogP contribution in [0.3, 0.4) is 0 Å². The number of amides is 4. The third-order valence-corrected chi connectivity index (χ3v) is 5.12. The molecule has 12 heteroatoms. The van der Waals surface area contributed by atoms with Crippen molar-refractivity contribution in [2.75, 3.05) is 28.6 Å². The van der Waals surface area contributed by atoms with Crippen LogP contribution in [-0.4, -0.2) is 25.2 Å². The second kappa shape index (κ2) is 11.2. The molecule has 0 saturated heterocycles. The first kappa shape index (κ1) is 27.4. The lowest BCUT2D eigenvalue weighted by Crippen LogP contribution is -2.42. The van der Waals surface area contributed by atoms with Crippen molar-refractivity contribution in [2.24, 2.45) is 0 Å². The number of carbonyl (C=O) groups is 2. The molecule has 0 aliphatic heterocycles. The van der Waals surface area contributed by atoms with Crippen LogP contribution in [0.1, 0.15) is 16.7 Å². The Bertz CT molecular complexity index is 1230. The van der Waals surface area contributed by atoms with Crippen LogP contribution >= 0.6 is 0 Å². The highest BCUT2D eigenvalue weighted by Gasteiger charge is 2.31. The van der Waals surface area contributed by atoms with Gasteiger partial charge >= 0.3 is 24.4 Å². The van der Waals surface area contributed by atoms with Crippen LogP contribution in [0.15, 0.2) is 72.8 Å². The quantitative estimate of drug-likeness (QED) is 0.307. The number of rotatable bonds is 6. The number of alkyl halides is 6. The minimum atomic E-state index is -4.63. The maximum Gasteiger partial charge on any atom is 0.416 e. The van der Waals surface area contributed by atoms with E-state index in [2.05, 4.69) is 16.0 Å². The van der Waals surface area contributed by atoms with Gasteiger partial charge in [0.25, 0.3) is 0 Å². The summed E-state index contributed by atoms with van der Waals surface area (Å²) in [5.74, 6) is 0. The van der Waals surface area contributed by atoms with Gasteiger partial charge in [-0.3, -0.25) is 4.90 Å². The molecule has 37 heavy (non-hydrogen) atoms. The van der Waals surface area contributed by atoms with Crippen LogP contribution in [-0.2, 0) is 12.4 Å². The first-order chi connectivity index (χ1) is 17.3. The zero-order valence-corrected chi connectivity index (χ0v) is 19.4. The third kappa shape index (κ3) is 7.89. The number of nitrogens with zero attached hydrogens (tertiary/aromatic N) is 1. The molecule has 0 aliphatic carbocycles. The summed E-state index contributed by atoms with van der Waals surface area (Å²) in [6, 6.07) is 13.2. The molecule has 3 aromatic carbocycles. The molecule has 4 amide bonds. The summed E-state index contributed by atoms with van der Waals surface area (Å²) in [4.78, 5) is 26.2. The predicted molar refractivity (Wildman–Crippen MR) is 127 cm³/mol. The second-order valence-corrected chi connectivity index (χ2v) is 7.95. The fourth-order valence-electron chi connectivity index (χ4n) is 3.22. The van der Waals surface area contributed by atoms with Crippen LogP contribution in [0.4, 0.5) is 53.0 Å². The van der Waals surface area contributed by atoms with E-state index in [1.807, 2.05) is 6.92 Å². The second-order valence-electron chi connectivity index (χ2n) is 7.95. The van der Waals surface area contributed by atoms with Crippen molar-refractivity contribution in [3.63, 3.8) is 0 Å². The Morgan fingerprint density at radius 2 is 1.32 bits per heavy atom. The number of hydrogen-bond donors (Lipinski definition) is 3. The molecule has 0 atom stereocenters. The number of halogens is 6. The Morgan fingerprint density at radius 1 is 0.757 bits per heavy atom. The Balaban J connectivity index is 1.69. The normalized spacial score (nSPS) is 11.5. The van der Waals surface area contributed by atoms with Gasteiger partial charge in [-0.05, 0) is 61.5 Å². The highest BCUT2D eigenvalue weighted by molar-refractivity contribution is 6.02. The van der Waals surface area contributed by atoms with Gasteiger partial charge in [-0.2, -0.15) is 26.3 Å². The molecule has 3 N–H and O–H groups in total. The molecule has 196 valence electrons. The van der Waals surface area contributed by atoms with Gasteiger partial charge in [0.05, 0.1) is 11.1 Å².